The van der Waals surface area contributed by atoms with Crippen LogP contribution in [0.3, 0.4) is 0 Å². The molecule has 0 bridgehead atoms. The summed E-state index contributed by atoms with van der Waals surface area (Å²) in [5.41, 5.74) is 0. The fourth-order valence-corrected chi connectivity index (χ4v) is 7.25. The Morgan fingerprint density at radius 2 is 1.73 bits per heavy atom. The van der Waals surface area contributed by atoms with Crippen LogP contribution in [0.2, 0.25) is 0 Å². The van der Waals surface area contributed by atoms with Gasteiger partial charge in [-0.1, -0.05) is 6.92 Å². The van der Waals surface area contributed by atoms with E-state index >= 15 is 0 Å². The highest BCUT2D eigenvalue weighted by Gasteiger charge is 2.36. The fraction of sp³-hybridized carbons (Fsp3) is 0.357. The van der Waals surface area contributed by atoms with Gasteiger partial charge in [0.25, 0.3) is 0 Å². The minimum absolute atomic E-state index is 0.275. The first-order valence-electron chi connectivity index (χ1n) is 6.84. The molecule has 0 spiro atoms. The lowest BCUT2D eigenvalue weighted by Crippen LogP contribution is -2.13. The molecule has 0 aliphatic carbocycles. The van der Waals surface area contributed by atoms with Gasteiger partial charge in [0.05, 0.1) is 0 Å². The summed E-state index contributed by atoms with van der Waals surface area (Å²) in [6.07, 6.45) is 0. The number of rotatable bonds is 4. The van der Waals surface area contributed by atoms with Crippen LogP contribution in [0.4, 0.5) is 8.63 Å². The molecule has 3 rings (SSSR count). The molecule has 0 aliphatic heterocycles. The average Bonchev–Trinajstić information content (AvgIpc) is 3.16. The molecule has 2 heterocycles. The molecular formula is C14H17N2O2S4+3. The Labute approximate surface area is 144 Å². The van der Waals surface area contributed by atoms with Crippen LogP contribution in [0.1, 0.15) is 13.8 Å². The molecule has 0 unspecified atom stereocenters. The number of anilines is 1. The van der Waals surface area contributed by atoms with Crippen LogP contribution >= 0.6 is 45.3 Å². The molecule has 116 valence electrons. The summed E-state index contributed by atoms with van der Waals surface area (Å²) in [7, 11) is 2.01. The van der Waals surface area contributed by atoms with Crippen LogP contribution in [-0.4, -0.2) is 41.6 Å². The van der Waals surface area contributed by atoms with Gasteiger partial charge in [-0.25, -0.2) is 4.90 Å². The van der Waals surface area contributed by atoms with Gasteiger partial charge in [-0.05, 0) is 14.0 Å². The summed E-state index contributed by atoms with van der Waals surface area (Å²) in [5.74, 6) is 0.550. The Balaban J connectivity index is 2.30. The quantitative estimate of drug-likeness (QED) is 0.292. The largest absolute Gasteiger partial charge is 0.516 e. The Morgan fingerprint density at radius 1 is 1.09 bits per heavy atom. The molecule has 2 aromatic heterocycles. The Bertz CT molecular complexity index is 827. The summed E-state index contributed by atoms with van der Waals surface area (Å²) in [4.78, 5) is 2.12. The van der Waals surface area contributed by atoms with E-state index in [1.807, 2.05) is 18.5 Å². The molecule has 0 atom stereocenters. The Hall–Kier alpha value is -0.930. The number of phenols is 2. The molecule has 0 saturated carbocycles. The van der Waals surface area contributed by atoms with Crippen molar-refractivity contribution in [1.29, 1.82) is 0 Å². The van der Waals surface area contributed by atoms with Crippen LogP contribution in [0, 0.1) is 0 Å². The third-order valence-electron chi connectivity index (χ3n) is 3.46. The first kappa shape index (κ1) is 15.9. The van der Waals surface area contributed by atoms with Gasteiger partial charge in [-0.2, -0.15) is 0 Å². The van der Waals surface area contributed by atoms with E-state index in [4.69, 9.17) is 0 Å². The second-order valence-corrected chi connectivity index (χ2v) is 9.34. The van der Waals surface area contributed by atoms with Crippen LogP contribution in [0.25, 0.3) is 18.8 Å². The first-order chi connectivity index (χ1) is 10.5. The van der Waals surface area contributed by atoms with Gasteiger partial charge in [0.2, 0.25) is 30.3 Å². The molecule has 0 aliphatic rings. The highest BCUT2D eigenvalue weighted by atomic mass is 32.2. The van der Waals surface area contributed by atoms with Gasteiger partial charge in [0, 0.05) is 6.54 Å². The first-order valence-corrected chi connectivity index (χ1v) is 10.1. The molecule has 2 N–H and O–H groups in total. The average molecular weight is 374 g/mol. The molecule has 3 aromatic rings. The van der Waals surface area contributed by atoms with Crippen molar-refractivity contribution in [2.24, 2.45) is 0 Å². The summed E-state index contributed by atoms with van der Waals surface area (Å²) in [6, 6.07) is 0. The van der Waals surface area contributed by atoms with E-state index in [9.17, 15) is 10.2 Å². The molecule has 0 radical (unpaired) electrons. The number of phenolic OH excluding ortho intramolecular Hbond substituents is 2. The highest BCUT2D eigenvalue weighted by Crippen LogP contribution is 2.55. The maximum Gasteiger partial charge on any atom is 0.516 e. The van der Waals surface area contributed by atoms with Crippen molar-refractivity contribution < 1.29 is 14.8 Å². The van der Waals surface area contributed by atoms with Crippen molar-refractivity contribution in [3.8, 4) is 11.5 Å². The molecule has 8 heteroatoms. The molecule has 22 heavy (non-hydrogen) atoms. The summed E-state index contributed by atoms with van der Waals surface area (Å²) in [6.45, 7) is 9.76. The summed E-state index contributed by atoms with van der Waals surface area (Å²) < 4.78 is 6.95. The second-order valence-electron chi connectivity index (χ2n) is 4.82. The minimum atomic E-state index is 0.275. The smallest absolute Gasteiger partial charge is 0.502 e. The van der Waals surface area contributed by atoms with E-state index in [2.05, 4.69) is 18.5 Å². The topological polar surface area (TPSA) is 46.7 Å². The SMILES string of the molecule is C=[N+](CC)c1sc2c(O)c3sc(N(C)CC)[s+]c3c(O)c2[s+]1. The monoisotopic (exact) mass is 373 g/mol. The maximum atomic E-state index is 10.6. The summed E-state index contributed by atoms with van der Waals surface area (Å²) in [5, 5.41) is 21.3. The van der Waals surface area contributed by atoms with Gasteiger partial charge < -0.3 is 10.2 Å². The third kappa shape index (κ3) is 2.39. The fourth-order valence-electron chi connectivity index (χ4n) is 1.95. The van der Waals surface area contributed by atoms with Crippen molar-refractivity contribution in [1.82, 2.24) is 0 Å². The molecule has 4 nitrogen and oxygen atoms in total. The molecule has 0 amide bonds. The van der Waals surface area contributed by atoms with E-state index in [0.29, 0.717) is 0 Å². The number of hydrogen-bond acceptors (Lipinski definition) is 5. The lowest BCUT2D eigenvalue weighted by atomic mass is 10.3. The van der Waals surface area contributed by atoms with Crippen LogP contribution < -0.4 is 4.90 Å². The van der Waals surface area contributed by atoms with Crippen molar-refractivity contribution in [2.75, 3.05) is 25.0 Å². The standard InChI is InChI=1S/C14H15N2O2S4/c1-5-15(3)13-19-9-7(17)11-12(8(18)10(9)20-13)22-14(21-11)16(4)6-2/h3,5-6H2,1-2,4H3/q+1/p+2. The van der Waals surface area contributed by atoms with Gasteiger partial charge in [0.15, 0.2) is 29.2 Å². The molecule has 0 saturated heterocycles. The number of hydrogen-bond donors (Lipinski definition) is 2. The van der Waals surface area contributed by atoms with E-state index in [1.54, 1.807) is 0 Å². The zero-order chi connectivity index (χ0) is 16.0. The van der Waals surface area contributed by atoms with Crippen LogP contribution in [-0.2, 0) is 0 Å². The summed E-state index contributed by atoms with van der Waals surface area (Å²) >= 11 is 6.01. The van der Waals surface area contributed by atoms with Gasteiger partial charge in [-0.3, -0.25) is 0 Å². The van der Waals surface area contributed by atoms with E-state index in [1.165, 1.54) is 45.3 Å². The van der Waals surface area contributed by atoms with Crippen LogP contribution in [0.5, 0.6) is 11.5 Å². The predicted octanol–water partition coefficient (Wildman–Crippen LogP) is 5.03. The maximum absolute atomic E-state index is 10.6. The van der Waals surface area contributed by atoms with E-state index < -0.39 is 0 Å². The van der Waals surface area contributed by atoms with Crippen LogP contribution in [0.15, 0.2) is 0 Å². The van der Waals surface area contributed by atoms with Gasteiger partial charge in [-0.15, -0.1) is 4.58 Å². The zero-order valence-electron chi connectivity index (χ0n) is 12.5. The Kier molecular flexibility index (Phi) is 4.30. The lowest BCUT2D eigenvalue weighted by molar-refractivity contribution is -0.418. The number of nitrogens with zero attached hydrogens (tertiary/aromatic N) is 2. The van der Waals surface area contributed by atoms with Crippen molar-refractivity contribution >= 4 is 79.5 Å². The van der Waals surface area contributed by atoms with E-state index in [0.717, 1.165) is 40.5 Å². The second kappa shape index (κ2) is 5.93. The van der Waals surface area contributed by atoms with Crippen molar-refractivity contribution in [3.05, 3.63) is 0 Å². The number of aromatic hydroxyl groups is 2. The molecule has 1 aromatic carbocycles. The van der Waals surface area contributed by atoms with E-state index in [-0.39, 0.29) is 11.5 Å². The zero-order valence-corrected chi connectivity index (χ0v) is 15.8. The van der Waals surface area contributed by atoms with Gasteiger partial charge in [0.1, 0.15) is 29.4 Å². The number of benzene rings is 1. The molecule has 0 fully saturated rings. The Morgan fingerprint density at radius 3 is 2.36 bits per heavy atom. The predicted molar refractivity (Wildman–Crippen MR) is 102 cm³/mol. The molecular weight excluding hydrogens is 356 g/mol. The van der Waals surface area contributed by atoms with Gasteiger partial charge >= 0.3 is 8.63 Å². The minimum Gasteiger partial charge on any atom is -0.502 e. The normalized spacial score (nSPS) is 11.8. The van der Waals surface area contributed by atoms with Crippen molar-refractivity contribution in [3.63, 3.8) is 0 Å². The lowest BCUT2D eigenvalue weighted by Gasteiger charge is -2.01. The highest BCUT2D eigenvalue weighted by molar-refractivity contribution is 7.47. The van der Waals surface area contributed by atoms with Crippen molar-refractivity contribution in [2.45, 2.75) is 13.8 Å². The number of fused-ring (bicyclic) bond motifs is 2. The third-order valence-corrected chi connectivity index (χ3v) is 8.96.